The number of nitrogens with one attached hydrogen (secondary N) is 1. The lowest BCUT2D eigenvalue weighted by atomic mass is 10.0. The highest BCUT2D eigenvalue weighted by Crippen LogP contribution is 2.23. The minimum Gasteiger partial charge on any atom is -0.396 e. The number of rotatable bonds is 7. The summed E-state index contributed by atoms with van der Waals surface area (Å²) in [6, 6.07) is 8.13. The van der Waals surface area contributed by atoms with Gasteiger partial charge in [-0.2, -0.15) is 5.10 Å². The highest BCUT2D eigenvalue weighted by molar-refractivity contribution is 5.95. The van der Waals surface area contributed by atoms with Crippen molar-refractivity contribution in [3.05, 3.63) is 47.3 Å². The van der Waals surface area contributed by atoms with Crippen LogP contribution in [0.15, 0.2) is 30.5 Å². The number of benzene rings is 1. The number of aromatic nitrogens is 2. The van der Waals surface area contributed by atoms with E-state index in [2.05, 4.69) is 24.3 Å². The lowest BCUT2D eigenvalue weighted by Gasteiger charge is -2.16. The van der Waals surface area contributed by atoms with Gasteiger partial charge in [-0.05, 0) is 44.7 Å². The van der Waals surface area contributed by atoms with Crippen LogP contribution in [0.1, 0.15) is 61.1 Å². The van der Waals surface area contributed by atoms with Gasteiger partial charge in [-0.25, -0.2) is 4.68 Å². The summed E-state index contributed by atoms with van der Waals surface area (Å²) in [6.45, 7) is 8.26. The molecule has 2 aromatic rings. The Morgan fingerprint density at radius 1 is 1.25 bits per heavy atom. The molecule has 2 N–H and O–H groups in total. The number of hydrogen-bond acceptors (Lipinski definition) is 3. The number of carbonyl (C=O) groups excluding carboxylic acids is 1. The van der Waals surface area contributed by atoms with Crippen molar-refractivity contribution >= 4 is 5.91 Å². The number of aryl methyl sites for hydroxylation is 1. The quantitative estimate of drug-likeness (QED) is 0.820. The van der Waals surface area contributed by atoms with Crippen molar-refractivity contribution in [1.29, 1.82) is 0 Å². The summed E-state index contributed by atoms with van der Waals surface area (Å²) in [5.41, 5.74) is 3.66. The fourth-order valence-electron chi connectivity index (χ4n) is 2.75. The second-order valence-corrected chi connectivity index (χ2v) is 6.59. The molecule has 1 atom stereocenters. The summed E-state index contributed by atoms with van der Waals surface area (Å²) < 4.78 is 1.84. The smallest absolute Gasteiger partial charge is 0.254 e. The van der Waals surface area contributed by atoms with Crippen LogP contribution in [0.25, 0.3) is 5.69 Å². The average Bonchev–Trinajstić information content (AvgIpc) is 2.99. The van der Waals surface area contributed by atoms with Crippen LogP contribution in [-0.4, -0.2) is 33.4 Å². The largest absolute Gasteiger partial charge is 0.396 e. The van der Waals surface area contributed by atoms with Crippen LogP contribution in [-0.2, 0) is 0 Å². The molecule has 1 heterocycles. The summed E-state index contributed by atoms with van der Waals surface area (Å²) in [7, 11) is 0. The highest BCUT2D eigenvalue weighted by atomic mass is 16.3. The van der Waals surface area contributed by atoms with Gasteiger partial charge in [0.15, 0.2) is 0 Å². The van der Waals surface area contributed by atoms with Crippen molar-refractivity contribution in [2.75, 3.05) is 6.61 Å². The Hall–Kier alpha value is -2.14. The van der Waals surface area contributed by atoms with E-state index in [0.717, 1.165) is 17.8 Å². The Balaban J connectivity index is 2.28. The van der Waals surface area contributed by atoms with Crippen LogP contribution in [0, 0.1) is 6.92 Å². The maximum absolute atomic E-state index is 12.6. The molecule has 1 amide bonds. The van der Waals surface area contributed by atoms with Crippen molar-refractivity contribution < 1.29 is 9.90 Å². The van der Waals surface area contributed by atoms with Crippen molar-refractivity contribution in [3.63, 3.8) is 0 Å². The molecule has 1 aromatic heterocycles. The van der Waals surface area contributed by atoms with E-state index in [4.69, 9.17) is 5.11 Å². The van der Waals surface area contributed by atoms with Gasteiger partial charge in [0.25, 0.3) is 5.91 Å². The normalized spacial score (nSPS) is 12.4. The molecule has 130 valence electrons. The zero-order chi connectivity index (χ0) is 17.7. The van der Waals surface area contributed by atoms with Gasteiger partial charge in [0.05, 0.1) is 23.1 Å². The predicted octanol–water partition coefficient (Wildman–Crippen LogP) is 3.19. The molecule has 24 heavy (non-hydrogen) atoms. The van der Waals surface area contributed by atoms with Crippen molar-refractivity contribution in [3.8, 4) is 5.69 Å². The third kappa shape index (κ3) is 4.23. The van der Waals surface area contributed by atoms with E-state index in [1.165, 1.54) is 5.56 Å². The molecule has 5 heteroatoms. The number of nitrogens with zero attached hydrogens (tertiary/aromatic N) is 2. The van der Waals surface area contributed by atoms with Crippen LogP contribution in [0.4, 0.5) is 0 Å². The van der Waals surface area contributed by atoms with Gasteiger partial charge in [-0.3, -0.25) is 4.79 Å². The van der Waals surface area contributed by atoms with Crippen LogP contribution in [0.2, 0.25) is 0 Å². The zero-order valence-corrected chi connectivity index (χ0v) is 14.9. The van der Waals surface area contributed by atoms with Crippen LogP contribution in [0.5, 0.6) is 0 Å². The summed E-state index contributed by atoms with van der Waals surface area (Å²) in [6.07, 6.45) is 3.08. The third-order valence-electron chi connectivity index (χ3n) is 4.05. The minimum absolute atomic E-state index is 0.0207. The molecule has 0 bridgehead atoms. The first-order valence-corrected chi connectivity index (χ1v) is 8.50. The first-order chi connectivity index (χ1) is 11.4. The topological polar surface area (TPSA) is 67.2 Å². The summed E-state index contributed by atoms with van der Waals surface area (Å²) in [5.74, 6) is 0.0600. The highest BCUT2D eigenvalue weighted by Gasteiger charge is 2.21. The Labute approximate surface area is 143 Å². The first kappa shape index (κ1) is 18.2. The van der Waals surface area contributed by atoms with Gasteiger partial charge in [-0.15, -0.1) is 0 Å². The number of carbonyl (C=O) groups is 1. The number of aliphatic hydroxyl groups excluding tert-OH is 1. The second-order valence-electron chi connectivity index (χ2n) is 6.59. The monoisotopic (exact) mass is 329 g/mol. The number of aliphatic hydroxyl groups is 1. The molecule has 0 aliphatic carbocycles. The van der Waals surface area contributed by atoms with Gasteiger partial charge in [0.1, 0.15) is 0 Å². The molecule has 1 unspecified atom stereocenters. The lowest BCUT2D eigenvalue weighted by molar-refractivity contribution is 0.0935. The van der Waals surface area contributed by atoms with E-state index < -0.39 is 0 Å². The maximum atomic E-state index is 12.6. The number of amides is 1. The van der Waals surface area contributed by atoms with E-state index in [9.17, 15) is 4.79 Å². The Bertz CT molecular complexity index is 674. The Morgan fingerprint density at radius 2 is 1.92 bits per heavy atom. The van der Waals surface area contributed by atoms with Gasteiger partial charge in [0, 0.05) is 12.6 Å². The first-order valence-electron chi connectivity index (χ1n) is 8.50. The summed E-state index contributed by atoms with van der Waals surface area (Å²) in [5, 5.41) is 16.3. The summed E-state index contributed by atoms with van der Waals surface area (Å²) >= 11 is 0. The fourth-order valence-corrected chi connectivity index (χ4v) is 2.75. The molecular weight excluding hydrogens is 302 g/mol. The van der Waals surface area contributed by atoms with Crippen LogP contribution in [0.3, 0.4) is 0 Å². The lowest BCUT2D eigenvalue weighted by Crippen LogP contribution is -2.33. The van der Waals surface area contributed by atoms with Gasteiger partial charge in [0.2, 0.25) is 0 Å². The third-order valence-corrected chi connectivity index (χ3v) is 4.05. The molecule has 0 spiro atoms. The minimum atomic E-state index is -0.109. The molecule has 0 fully saturated rings. The molecule has 1 aromatic carbocycles. The van der Waals surface area contributed by atoms with Crippen LogP contribution >= 0.6 is 0 Å². The molecule has 0 aliphatic rings. The van der Waals surface area contributed by atoms with Gasteiger partial charge >= 0.3 is 0 Å². The fraction of sp³-hybridized carbons (Fsp3) is 0.474. The average molecular weight is 329 g/mol. The molecule has 0 saturated carbocycles. The molecule has 0 radical (unpaired) electrons. The summed E-state index contributed by atoms with van der Waals surface area (Å²) in [4.78, 5) is 12.6. The number of hydrogen-bond donors (Lipinski definition) is 2. The molecule has 0 saturated heterocycles. The standard InChI is InChI=1S/C19H27N3O2/c1-13(2)18-17(19(24)21-15(4)6-5-11-23)12-20-22(18)16-9-7-14(3)8-10-16/h7-10,12-13,15,23H,5-6,11H2,1-4H3,(H,21,24). The van der Waals surface area contributed by atoms with Crippen molar-refractivity contribution in [2.45, 2.75) is 52.5 Å². The molecule has 0 aliphatic heterocycles. The SMILES string of the molecule is Cc1ccc(-n2ncc(C(=O)NC(C)CCCO)c2C(C)C)cc1. The second kappa shape index (κ2) is 8.11. The van der Waals surface area contributed by atoms with E-state index in [0.29, 0.717) is 12.0 Å². The van der Waals surface area contributed by atoms with Gasteiger partial charge in [-0.1, -0.05) is 31.5 Å². The molecule has 2 rings (SSSR count). The molecular formula is C19H27N3O2. The Morgan fingerprint density at radius 3 is 2.50 bits per heavy atom. The van der Waals surface area contributed by atoms with Crippen molar-refractivity contribution in [1.82, 2.24) is 15.1 Å². The molecule has 5 nitrogen and oxygen atoms in total. The van der Waals surface area contributed by atoms with Gasteiger partial charge < -0.3 is 10.4 Å². The zero-order valence-electron chi connectivity index (χ0n) is 14.9. The van der Waals surface area contributed by atoms with E-state index in [1.54, 1.807) is 6.20 Å². The van der Waals surface area contributed by atoms with E-state index in [-0.39, 0.29) is 24.5 Å². The Kier molecular flexibility index (Phi) is 6.15. The predicted molar refractivity (Wildman–Crippen MR) is 95.6 cm³/mol. The maximum Gasteiger partial charge on any atom is 0.254 e. The van der Waals surface area contributed by atoms with Crippen molar-refractivity contribution in [2.24, 2.45) is 0 Å². The van der Waals surface area contributed by atoms with Crippen LogP contribution < -0.4 is 5.32 Å². The van der Waals surface area contributed by atoms with E-state index in [1.807, 2.05) is 42.8 Å². The van der Waals surface area contributed by atoms with E-state index >= 15 is 0 Å².